The summed E-state index contributed by atoms with van der Waals surface area (Å²) in [4.78, 5) is 14.1. The SMILES string of the molecule is CN(CCC(N)=S)C(=O)c1cnns1. The van der Waals surface area contributed by atoms with Crippen LogP contribution in [0.25, 0.3) is 0 Å². The molecule has 0 saturated heterocycles. The summed E-state index contributed by atoms with van der Waals surface area (Å²) >= 11 is 5.80. The normalized spacial score (nSPS) is 9.79. The lowest BCUT2D eigenvalue weighted by Gasteiger charge is -2.14. The third kappa shape index (κ3) is 3.00. The van der Waals surface area contributed by atoms with E-state index in [4.69, 9.17) is 18.0 Å². The number of thiocarbonyl (C=S) groups is 1. The van der Waals surface area contributed by atoms with E-state index >= 15 is 0 Å². The number of hydrogen-bond donors (Lipinski definition) is 1. The van der Waals surface area contributed by atoms with Crippen LogP contribution in [0.15, 0.2) is 6.20 Å². The molecule has 0 bridgehead atoms. The van der Waals surface area contributed by atoms with Crippen molar-refractivity contribution in [2.24, 2.45) is 5.73 Å². The van der Waals surface area contributed by atoms with Crippen LogP contribution in [0.1, 0.15) is 16.1 Å². The molecule has 0 spiro atoms. The summed E-state index contributed by atoms with van der Waals surface area (Å²) in [6, 6.07) is 0. The van der Waals surface area contributed by atoms with Gasteiger partial charge in [-0.2, -0.15) is 0 Å². The molecule has 0 aliphatic rings. The van der Waals surface area contributed by atoms with Crippen LogP contribution in [0, 0.1) is 0 Å². The molecule has 0 aliphatic carbocycles. The fourth-order valence-corrected chi connectivity index (χ4v) is 1.43. The van der Waals surface area contributed by atoms with Crippen LogP contribution in [0.5, 0.6) is 0 Å². The summed E-state index contributed by atoms with van der Waals surface area (Å²) in [5.74, 6) is -0.101. The maximum atomic E-state index is 11.6. The zero-order valence-corrected chi connectivity index (χ0v) is 9.27. The second-order valence-corrected chi connectivity index (χ2v) is 4.03. The van der Waals surface area contributed by atoms with Crippen LogP contribution in [0.2, 0.25) is 0 Å². The monoisotopic (exact) mass is 230 g/mol. The molecule has 0 atom stereocenters. The van der Waals surface area contributed by atoms with Gasteiger partial charge in [-0.3, -0.25) is 4.79 Å². The third-order valence-electron chi connectivity index (χ3n) is 1.61. The Morgan fingerprint density at radius 3 is 3.00 bits per heavy atom. The van der Waals surface area contributed by atoms with Crippen molar-refractivity contribution < 1.29 is 4.79 Å². The van der Waals surface area contributed by atoms with Crippen molar-refractivity contribution >= 4 is 34.6 Å². The molecule has 0 aliphatic heterocycles. The van der Waals surface area contributed by atoms with E-state index in [2.05, 4.69) is 9.59 Å². The summed E-state index contributed by atoms with van der Waals surface area (Å²) in [5, 5.41) is 3.59. The highest BCUT2D eigenvalue weighted by Crippen LogP contribution is 2.05. The van der Waals surface area contributed by atoms with Gasteiger partial charge in [-0.05, 0) is 11.5 Å². The largest absolute Gasteiger partial charge is 0.393 e. The summed E-state index contributed by atoms with van der Waals surface area (Å²) in [5.41, 5.74) is 5.33. The molecule has 1 amide bonds. The Morgan fingerprint density at radius 1 is 1.79 bits per heavy atom. The topological polar surface area (TPSA) is 72.1 Å². The van der Waals surface area contributed by atoms with Gasteiger partial charge < -0.3 is 10.6 Å². The molecule has 1 heterocycles. The third-order valence-corrected chi connectivity index (χ3v) is 2.47. The fraction of sp³-hybridized carbons (Fsp3) is 0.429. The van der Waals surface area contributed by atoms with E-state index in [1.54, 1.807) is 11.9 Å². The Morgan fingerprint density at radius 2 is 2.50 bits per heavy atom. The first-order valence-electron chi connectivity index (χ1n) is 3.92. The van der Waals surface area contributed by atoms with Crippen LogP contribution in [0.3, 0.4) is 0 Å². The minimum atomic E-state index is -0.101. The predicted molar refractivity (Wildman–Crippen MR) is 58.3 cm³/mol. The predicted octanol–water partition coefficient (Wildman–Crippen LogP) is 0.286. The Kier molecular flexibility index (Phi) is 3.90. The first-order valence-corrected chi connectivity index (χ1v) is 5.10. The van der Waals surface area contributed by atoms with Gasteiger partial charge in [-0.25, -0.2) is 0 Å². The molecule has 0 unspecified atom stereocenters. The lowest BCUT2D eigenvalue weighted by Crippen LogP contribution is -2.29. The second-order valence-electron chi connectivity index (χ2n) is 2.72. The van der Waals surface area contributed by atoms with Crippen molar-refractivity contribution in [2.75, 3.05) is 13.6 Å². The molecule has 0 radical (unpaired) electrons. The maximum Gasteiger partial charge on any atom is 0.266 e. The fourth-order valence-electron chi connectivity index (χ4n) is 0.829. The van der Waals surface area contributed by atoms with E-state index in [-0.39, 0.29) is 5.91 Å². The first kappa shape index (κ1) is 11.0. The number of carbonyl (C=O) groups is 1. The highest BCUT2D eigenvalue weighted by Gasteiger charge is 2.13. The molecule has 5 nitrogen and oxygen atoms in total. The molecule has 0 saturated carbocycles. The van der Waals surface area contributed by atoms with E-state index in [0.717, 1.165) is 11.5 Å². The lowest BCUT2D eigenvalue weighted by atomic mass is 10.3. The molecular weight excluding hydrogens is 220 g/mol. The molecule has 0 fully saturated rings. The van der Waals surface area contributed by atoms with E-state index in [1.807, 2.05) is 0 Å². The Hall–Kier alpha value is -1.08. The number of aromatic nitrogens is 2. The van der Waals surface area contributed by atoms with Crippen molar-refractivity contribution in [1.29, 1.82) is 0 Å². The van der Waals surface area contributed by atoms with Gasteiger partial charge in [-0.1, -0.05) is 16.7 Å². The molecule has 14 heavy (non-hydrogen) atoms. The zero-order valence-electron chi connectivity index (χ0n) is 7.64. The van der Waals surface area contributed by atoms with Crippen molar-refractivity contribution in [2.45, 2.75) is 6.42 Å². The minimum absolute atomic E-state index is 0.101. The standard InChI is InChI=1S/C7H10N4OS2/c1-11(3-2-6(8)13)7(12)5-4-9-10-14-5/h4H,2-3H2,1H3,(H2,8,13). The molecule has 1 aromatic heterocycles. The van der Waals surface area contributed by atoms with Gasteiger partial charge in [0, 0.05) is 20.0 Å². The van der Waals surface area contributed by atoms with Crippen molar-refractivity contribution in [3.05, 3.63) is 11.1 Å². The summed E-state index contributed by atoms with van der Waals surface area (Å²) in [7, 11) is 1.69. The average Bonchev–Trinajstić information content (AvgIpc) is 2.65. The van der Waals surface area contributed by atoms with Crippen molar-refractivity contribution in [3.8, 4) is 0 Å². The van der Waals surface area contributed by atoms with Gasteiger partial charge in [0.05, 0.1) is 11.2 Å². The maximum absolute atomic E-state index is 11.6. The molecule has 2 N–H and O–H groups in total. The van der Waals surface area contributed by atoms with Gasteiger partial charge in [-0.15, -0.1) is 5.10 Å². The van der Waals surface area contributed by atoms with Crippen molar-refractivity contribution in [1.82, 2.24) is 14.5 Å². The smallest absolute Gasteiger partial charge is 0.266 e. The molecule has 1 rings (SSSR count). The molecule has 0 aromatic carbocycles. The Labute approximate surface area is 91.1 Å². The number of carbonyl (C=O) groups excluding carboxylic acids is 1. The molecule has 7 heteroatoms. The highest BCUT2D eigenvalue weighted by atomic mass is 32.1. The van der Waals surface area contributed by atoms with Crippen LogP contribution in [0.4, 0.5) is 0 Å². The van der Waals surface area contributed by atoms with Gasteiger partial charge in [0.25, 0.3) is 5.91 Å². The molecular formula is C7H10N4OS2. The molecule has 1 aromatic rings. The van der Waals surface area contributed by atoms with E-state index < -0.39 is 0 Å². The van der Waals surface area contributed by atoms with Crippen molar-refractivity contribution in [3.63, 3.8) is 0 Å². The van der Waals surface area contributed by atoms with Crippen LogP contribution < -0.4 is 5.73 Å². The van der Waals surface area contributed by atoms with Gasteiger partial charge in [0.2, 0.25) is 0 Å². The second kappa shape index (κ2) is 4.97. The summed E-state index contributed by atoms with van der Waals surface area (Å²) in [6.07, 6.45) is 1.98. The Balaban J connectivity index is 2.49. The van der Waals surface area contributed by atoms with Crippen LogP contribution in [-0.2, 0) is 0 Å². The van der Waals surface area contributed by atoms with Crippen LogP contribution in [-0.4, -0.2) is 39.0 Å². The number of nitrogens with zero attached hydrogens (tertiary/aromatic N) is 3. The minimum Gasteiger partial charge on any atom is -0.393 e. The number of amides is 1. The highest BCUT2D eigenvalue weighted by molar-refractivity contribution is 7.80. The van der Waals surface area contributed by atoms with Gasteiger partial charge in [0.15, 0.2) is 0 Å². The van der Waals surface area contributed by atoms with E-state index in [1.165, 1.54) is 6.20 Å². The van der Waals surface area contributed by atoms with Crippen LogP contribution >= 0.6 is 23.8 Å². The zero-order chi connectivity index (χ0) is 10.6. The molecule has 76 valence electrons. The Bertz CT molecular complexity index is 324. The number of nitrogens with two attached hydrogens (primary N) is 1. The van der Waals surface area contributed by atoms with E-state index in [9.17, 15) is 4.79 Å². The average molecular weight is 230 g/mol. The quantitative estimate of drug-likeness (QED) is 0.752. The first-order chi connectivity index (χ1) is 6.61. The van der Waals surface area contributed by atoms with E-state index in [0.29, 0.717) is 22.8 Å². The van der Waals surface area contributed by atoms with Gasteiger partial charge >= 0.3 is 0 Å². The van der Waals surface area contributed by atoms with Gasteiger partial charge in [0.1, 0.15) is 4.88 Å². The number of rotatable bonds is 4. The lowest BCUT2D eigenvalue weighted by molar-refractivity contribution is 0.0803. The summed E-state index contributed by atoms with van der Waals surface area (Å²) < 4.78 is 3.61. The number of hydrogen-bond acceptors (Lipinski definition) is 5. The summed E-state index contributed by atoms with van der Waals surface area (Å²) in [6.45, 7) is 0.520.